The van der Waals surface area contributed by atoms with Gasteiger partial charge in [-0.2, -0.15) is 35.4 Å². The van der Waals surface area contributed by atoms with E-state index in [4.69, 9.17) is 0 Å². The molecule has 0 N–H and O–H groups in total. The van der Waals surface area contributed by atoms with Gasteiger partial charge in [0.25, 0.3) is 0 Å². The van der Waals surface area contributed by atoms with Crippen LogP contribution in [0.5, 0.6) is 0 Å². The molecule has 2 aliphatic rings. The second-order valence-electron chi connectivity index (χ2n) is 5.89. The summed E-state index contributed by atoms with van der Waals surface area (Å²) in [6.45, 7) is 6.77. The standard InChI is InChI=1S/C17H22N.Li/c1-13(2)9-11-18-12-10-16-15-6-4-3-5-14(15)7-8-17(16)18;/h3-5,9,16-17H,7-8,10-12H2,1-2H3;/q-1;+1/t16-,17+;/m0./s1. The zero-order chi connectivity index (χ0) is 12.5. The number of hydrogen-bond donors (Lipinski definition) is 0. The fourth-order valence-corrected chi connectivity index (χ4v) is 3.52. The molecule has 2 atom stereocenters. The molecule has 0 radical (unpaired) electrons. The number of likely N-dealkylation sites (tertiary alicyclic amines) is 1. The van der Waals surface area contributed by atoms with E-state index in [9.17, 15) is 0 Å². The van der Waals surface area contributed by atoms with E-state index >= 15 is 0 Å². The summed E-state index contributed by atoms with van der Waals surface area (Å²) in [4.78, 5) is 2.67. The van der Waals surface area contributed by atoms with E-state index < -0.39 is 0 Å². The van der Waals surface area contributed by atoms with Gasteiger partial charge in [-0.1, -0.05) is 18.1 Å². The molecule has 1 saturated heterocycles. The van der Waals surface area contributed by atoms with Crippen molar-refractivity contribution >= 4 is 0 Å². The van der Waals surface area contributed by atoms with Crippen molar-refractivity contribution in [2.75, 3.05) is 13.1 Å². The van der Waals surface area contributed by atoms with Gasteiger partial charge in [-0.3, -0.25) is 4.90 Å². The van der Waals surface area contributed by atoms with E-state index in [0.29, 0.717) is 0 Å². The molecule has 2 heteroatoms. The van der Waals surface area contributed by atoms with Crippen LogP contribution in [0, 0.1) is 6.07 Å². The molecular formula is C17H22LiN. The number of rotatable bonds is 2. The van der Waals surface area contributed by atoms with Gasteiger partial charge in [0.2, 0.25) is 0 Å². The quantitative estimate of drug-likeness (QED) is 0.419. The predicted octanol–water partition coefficient (Wildman–Crippen LogP) is 0.561. The van der Waals surface area contributed by atoms with Gasteiger partial charge in [-0.05, 0) is 39.2 Å². The summed E-state index contributed by atoms with van der Waals surface area (Å²) in [7, 11) is 0. The number of allylic oxidation sites excluding steroid dienone is 1. The van der Waals surface area contributed by atoms with Crippen LogP contribution in [-0.2, 0) is 6.42 Å². The molecule has 0 amide bonds. The van der Waals surface area contributed by atoms with Crippen LogP contribution in [0.2, 0.25) is 0 Å². The zero-order valence-corrected chi connectivity index (χ0v) is 12.4. The second kappa shape index (κ2) is 6.31. The molecular weight excluding hydrogens is 225 g/mol. The van der Waals surface area contributed by atoms with Gasteiger partial charge in [0.15, 0.2) is 0 Å². The van der Waals surface area contributed by atoms with E-state index in [0.717, 1.165) is 18.5 Å². The molecule has 1 aliphatic heterocycles. The average Bonchev–Trinajstić information content (AvgIpc) is 2.80. The summed E-state index contributed by atoms with van der Waals surface area (Å²) < 4.78 is 0. The zero-order valence-electron chi connectivity index (χ0n) is 12.4. The Kier molecular flexibility index (Phi) is 4.96. The summed E-state index contributed by atoms with van der Waals surface area (Å²) in [6.07, 6.45) is 6.24. The van der Waals surface area contributed by atoms with Gasteiger partial charge < -0.3 is 0 Å². The summed E-state index contributed by atoms with van der Waals surface area (Å²) in [5, 5.41) is 0. The maximum absolute atomic E-state index is 3.50. The molecule has 3 rings (SSSR count). The Hall–Kier alpha value is -0.483. The fraction of sp³-hybridized carbons (Fsp3) is 0.529. The molecule has 0 saturated carbocycles. The van der Waals surface area contributed by atoms with Crippen LogP contribution in [0.1, 0.15) is 43.7 Å². The van der Waals surface area contributed by atoms with Crippen molar-refractivity contribution < 1.29 is 18.9 Å². The van der Waals surface area contributed by atoms with E-state index in [1.807, 2.05) is 0 Å². The normalized spacial score (nSPS) is 25.2. The minimum atomic E-state index is 0. The van der Waals surface area contributed by atoms with Crippen LogP contribution < -0.4 is 18.9 Å². The van der Waals surface area contributed by atoms with Crippen LogP contribution in [0.25, 0.3) is 0 Å². The Bertz CT molecular complexity index is 462. The molecule has 1 aromatic rings. The SMILES string of the molecule is CC(C)=CCN1CC[C@H]2c3[c-]cccc3CC[C@H]21.[Li+]. The summed E-state index contributed by atoms with van der Waals surface area (Å²) in [6, 6.07) is 10.8. The van der Waals surface area contributed by atoms with Crippen molar-refractivity contribution in [2.24, 2.45) is 0 Å². The monoisotopic (exact) mass is 247 g/mol. The molecule has 0 aromatic heterocycles. The molecule has 0 spiro atoms. The molecule has 1 fully saturated rings. The third-order valence-corrected chi connectivity index (χ3v) is 4.45. The van der Waals surface area contributed by atoms with Crippen molar-refractivity contribution in [3.63, 3.8) is 0 Å². The molecule has 1 nitrogen and oxygen atoms in total. The molecule has 1 heterocycles. The second-order valence-corrected chi connectivity index (χ2v) is 5.89. The third-order valence-electron chi connectivity index (χ3n) is 4.45. The topological polar surface area (TPSA) is 3.24 Å². The van der Waals surface area contributed by atoms with Crippen LogP contribution >= 0.6 is 0 Å². The first kappa shape index (κ1) is 14.9. The maximum Gasteiger partial charge on any atom is 1.00 e. The van der Waals surface area contributed by atoms with Crippen LogP contribution in [0.4, 0.5) is 0 Å². The van der Waals surface area contributed by atoms with E-state index in [-0.39, 0.29) is 18.9 Å². The Morgan fingerprint density at radius 1 is 1.42 bits per heavy atom. The van der Waals surface area contributed by atoms with Gasteiger partial charge in [0.05, 0.1) is 0 Å². The maximum atomic E-state index is 3.50. The van der Waals surface area contributed by atoms with Crippen molar-refractivity contribution in [1.29, 1.82) is 0 Å². The number of hydrogen-bond acceptors (Lipinski definition) is 1. The first-order valence-corrected chi connectivity index (χ1v) is 7.12. The van der Waals surface area contributed by atoms with Gasteiger partial charge >= 0.3 is 18.9 Å². The minimum Gasteiger partial charge on any atom is -0.296 e. The van der Waals surface area contributed by atoms with Gasteiger partial charge in [0, 0.05) is 12.6 Å². The van der Waals surface area contributed by atoms with Crippen molar-refractivity contribution in [2.45, 2.75) is 45.1 Å². The molecule has 96 valence electrons. The van der Waals surface area contributed by atoms with Crippen molar-refractivity contribution in [3.05, 3.63) is 47.0 Å². The summed E-state index contributed by atoms with van der Waals surface area (Å²) in [5.74, 6) is 0.737. The van der Waals surface area contributed by atoms with E-state index in [2.05, 4.69) is 49.1 Å². The number of benzene rings is 1. The smallest absolute Gasteiger partial charge is 0.296 e. The molecule has 1 aromatic carbocycles. The Labute approximate surface area is 129 Å². The Morgan fingerprint density at radius 2 is 2.26 bits per heavy atom. The van der Waals surface area contributed by atoms with Gasteiger partial charge in [-0.25, -0.2) is 0 Å². The molecule has 0 unspecified atom stereocenters. The van der Waals surface area contributed by atoms with Crippen molar-refractivity contribution in [3.8, 4) is 0 Å². The largest absolute Gasteiger partial charge is 1.00 e. The molecule has 0 bridgehead atoms. The van der Waals surface area contributed by atoms with Crippen LogP contribution in [0.15, 0.2) is 29.8 Å². The van der Waals surface area contributed by atoms with E-state index in [1.165, 1.54) is 36.9 Å². The van der Waals surface area contributed by atoms with E-state index in [1.54, 1.807) is 5.56 Å². The first-order valence-electron chi connectivity index (χ1n) is 7.12. The molecule has 19 heavy (non-hydrogen) atoms. The molecule has 1 aliphatic carbocycles. The number of aryl methyl sites for hydroxylation is 1. The third kappa shape index (κ3) is 3.00. The average molecular weight is 247 g/mol. The Balaban J connectivity index is 0.00000133. The fourth-order valence-electron chi connectivity index (χ4n) is 3.52. The number of fused-ring (bicyclic) bond motifs is 3. The van der Waals surface area contributed by atoms with Crippen LogP contribution in [0.3, 0.4) is 0 Å². The van der Waals surface area contributed by atoms with Gasteiger partial charge in [0.1, 0.15) is 0 Å². The first-order chi connectivity index (χ1) is 8.75. The van der Waals surface area contributed by atoms with Gasteiger partial charge in [-0.15, -0.1) is 0 Å². The summed E-state index contributed by atoms with van der Waals surface area (Å²) in [5.41, 5.74) is 4.48. The van der Waals surface area contributed by atoms with Crippen molar-refractivity contribution in [1.82, 2.24) is 4.90 Å². The number of nitrogens with zero attached hydrogens (tertiary/aromatic N) is 1. The predicted molar refractivity (Wildman–Crippen MR) is 75.7 cm³/mol. The Morgan fingerprint density at radius 3 is 3.05 bits per heavy atom. The summed E-state index contributed by atoms with van der Waals surface area (Å²) >= 11 is 0. The minimum absolute atomic E-state index is 0. The van der Waals surface area contributed by atoms with Crippen LogP contribution in [-0.4, -0.2) is 24.0 Å².